The van der Waals surface area contributed by atoms with Crippen molar-refractivity contribution in [2.75, 3.05) is 6.54 Å². The van der Waals surface area contributed by atoms with Crippen molar-refractivity contribution >= 4 is 5.91 Å². The van der Waals surface area contributed by atoms with Crippen molar-refractivity contribution < 1.29 is 18.3 Å². The van der Waals surface area contributed by atoms with Crippen LogP contribution < -0.4 is 15.4 Å². The predicted octanol–water partition coefficient (Wildman–Crippen LogP) is 1.91. The van der Waals surface area contributed by atoms with Gasteiger partial charge in [-0.15, -0.1) is 0 Å². The van der Waals surface area contributed by atoms with E-state index < -0.39 is 12.0 Å². The summed E-state index contributed by atoms with van der Waals surface area (Å²) in [6.07, 6.45) is -2.60. The van der Waals surface area contributed by atoms with Crippen molar-refractivity contribution in [2.45, 2.75) is 38.0 Å². The summed E-state index contributed by atoms with van der Waals surface area (Å²) in [5.74, 6) is -1.42. The molecule has 20 heavy (non-hydrogen) atoms. The second-order valence-corrected chi connectivity index (χ2v) is 4.98. The number of benzene rings is 1. The summed E-state index contributed by atoms with van der Waals surface area (Å²) in [6.45, 7) is 2.66. The largest absolute Gasteiger partial charge is 0.482 e. The summed E-state index contributed by atoms with van der Waals surface area (Å²) >= 11 is 0. The van der Waals surface area contributed by atoms with Crippen LogP contribution >= 0.6 is 0 Å². The molecule has 0 radical (unpaired) electrons. The molecule has 1 aliphatic rings. The number of nitrogens with one attached hydrogen (secondary N) is 2. The van der Waals surface area contributed by atoms with Crippen molar-refractivity contribution in [2.24, 2.45) is 0 Å². The fourth-order valence-electron chi connectivity index (χ4n) is 2.22. The molecule has 1 aliphatic heterocycles. The molecular weight excluding hydrogens is 266 g/mol. The van der Waals surface area contributed by atoms with Crippen LogP contribution in [0.3, 0.4) is 0 Å². The number of para-hydroxylation sites is 1. The quantitative estimate of drug-likeness (QED) is 0.888. The lowest BCUT2D eigenvalue weighted by Gasteiger charge is -2.29. The molecule has 6 heteroatoms. The maximum Gasteiger partial charge on any atom is 0.482 e. The van der Waals surface area contributed by atoms with Gasteiger partial charge in [0.1, 0.15) is 5.75 Å². The molecule has 2 atom stereocenters. The number of carbonyl (C=O) groups is 1. The van der Waals surface area contributed by atoms with Crippen molar-refractivity contribution in [1.29, 1.82) is 0 Å². The second kappa shape index (κ2) is 6.17. The van der Waals surface area contributed by atoms with E-state index in [4.69, 9.17) is 0 Å². The van der Waals surface area contributed by atoms with Crippen LogP contribution in [0.25, 0.3) is 0 Å². The van der Waals surface area contributed by atoms with Crippen molar-refractivity contribution in [3.05, 3.63) is 30.3 Å². The molecule has 0 aliphatic carbocycles. The van der Waals surface area contributed by atoms with Gasteiger partial charge in [-0.25, -0.2) is 0 Å². The minimum atomic E-state index is -3.87. The zero-order valence-corrected chi connectivity index (χ0v) is 11.2. The van der Waals surface area contributed by atoms with Crippen LogP contribution in [0.15, 0.2) is 30.3 Å². The Morgan fingerprint density at radius 2 is 2.10 bits per heavy atom. The number of rotatable bonds is 4. The minimum absolute atomic E-state index is 0.0358. The maximum absolute atomic E-state index is 13.7. The summed E-state index contributed by atoms with van der Waals surface area (Å²) in [5, 5.41) is 5.55. The lowest BCUT2D eigenvalue weighted by molar-refractivity contribution is -0.193. The van der Waals surface area contributed by atoms with Gasteiger partial charge in [-0.05, 0) is 38.4 Å². The summed E-state index contributed by atoms with van der Waals surface area (Å²) in [6, 6.07) is 7.54. The smallest absolute Gasteiger partial charge is 0.425 e. The highest BCUT2D eigenvalue weighted by Crippen LogP contribution is 2.22. The van der Waals surface area contributed by atoms with E-state index in [1.54, 1.807) is 18.2 Å². The summed E-state index contributed by atoms with van der Waals surface area (Å²) in [5.41, 5.74) is 0. The molecule has 1 amide bonds. The normalized spacial score (nSPS) is 23.1. The molecule has 2 N–H and O–H groups in total. The Hall–Kier alpha value is -1.69. The van der Waals surface area contributed by atoms with Crippen LogP contribution in [0, 0.1) is 0 Å². The molecule has 1 aromatic rings. The van der Waals surface area contributed by atoms with Crippen molar-refractivity contribution in [3.63, 3.8) is 0 Å². The first-order valence-electron chi connectivity index (χ1n) is 6.63. The van der Waals surface area contributed by atoms with Gasteiger partial charge >= 0.3 is 12.0 Å². The Morgan fingerprint density at radius 1 is 1.40 bits per heavy atom. The van der Waals surface area contributed by atoms with E-state index in [0.29, 0.717) is 19.4 Å². The van der Waals surface area contributed by atoms with E-state index in [1.807, 2.05) is 6.92 Å². The Kier molecular flexibility index (Phi) is 4.54. The van der Waals surface area contributed by atoms with E-state index in [1.165, 1.54) is 12.1 Å². The number of ether oxygens (including phenoxy) is 1. The highest BCUT2D eigenvalue weighted by atomic mass is 19.3. The zero-order valence-electron chi connectivity index (χ0n) is 11.2. The number of alkyl halides is 2. The average Bonchev–Trinajstić information content (AvgIpc) is 2.39. The minimum Gasteiger partial charge on any atom is -0.425 e. The summed E-state index contributed by atoms with van der Waals surface area (Å²) in [7, 11) is 0. The first-order chi connectivity index (χ1) is 9.47. The van der Waals surface area contributed by atoms with E-state index >= 15 is 0 Å². The monoisotopic (exact) mass is 284 g/mol. The fraction of sp³-hybridized carbons (Fsp3) is 0.500. The number of halogens is 2. The van der Waals surface area contributed by atoms with Crippen molar-refractivity contribution in [3.8, 4) is 5.75 Å². The molecule has 0 bridgehead atoms. The first kappa shape index (κ1) is 14.7. The van der Waals surface area contributed by atoms with Crippen LogP contribution in [0.4, 0.5) is 8.78 Å². The third-order valence-electron chi connectivity index (χ3n) is 3.21. The van der Waals surface area contributed by atoms with Crippen LogP contribution in [0.1, 0.15) is 19.8 Å². The SMILES string of the molecule is C[C@H]1C[C@H](NC(=O)C(F)(F)Oc2ccccc2)CCN1. The number of amides is 1. The summed E-state index contributed by atoms with van der Waals surface area (Å²) in [4.78, 5) is 11.6. The molecule has 4 nitrogen and oxygen atoms in total. The van der Waals surface area contributed by atoms with Gasteiger partial charge in [-0.2, -0.15) is 8.78 Å². The highest BCUT2D eigenvalue weighted by molar-refractivity contribution is 5.82. The highest BCUT2D eigenvalue weighted by Gasteiger charge is 2.43. The van der Waals surface area contributed by atoms with Gasteiger partial charge in [-0.1, -0.05) is 18.2 Å². The van der Waals surface area contributed by atoms with Gasteiger partial charge in [0.25, 0.3) is 0 Å². The van der Waals surface area contributed by atoms with Gasteiger partial charge in [0, 0.05) is 12.1 Å². The van der Waals surface area contributed by atoms with Gasteiger partial charge in [0.15, 0.2) is 0 Å². The number of carbonyl (C=O) groups excluding carboxylic acids is 1. The number of piperidine rings is 1. The van der Waals surface area contributed by atoms with Gasteiger partial charge in [0.05, 0.1) is 0 Å². The van der Waals surface area contributed by atoms with Crippen LogP contribution in [0.5, 0.6) is 5.75 Å². The van der Waals surface area contributed by atoms with E-state index in [2.05, 4.69) is 15.4 Å². The Balaban J connectivity index is 1.93. The first-order valence-corrected chi connectivity index (χ1v) is 6.63. The van der Waals surface area contributed by atoms with Crippen LogP contribution in [0.2, 0.25) is 0 Å². The van der Waals surface area contributed by atoms with Gasteiger partial charge < -0.3 is 15.4 Å². The van der Waals surface area contributed by atoms with E-state index in [9.17, 15) is 13.6 Å². The molecule has 0 aromatic heterocycles. The predicted molar refractivity (Wildman–Crippen MR) is 70.6 cm³/mol. The van der Waals surface area contributed by atoms with Gasteiger partial charge in [0.2, 0.25) is 0 Å². The van der Waals surface area contributed by atoms with Crippen LogP contribution in [-0.2, 0) is 4.79 Å². The molecule has 1 saturated heterocycles. The second-order valence-electron chi connectivity index (χ2n) is 4.98. The average molecular weight is 284 g/mol. The third-order valence-corrected chi connectivity index (χ3v) is 3.21. The molecule has 1 heterocycles. The molecule has 1 aromatic carbocycles. The van der Waals surface area contributed by atoms with Gasteiger partial charge in [-0.3, -0.25) is 4.79 Å². The lowest BCUT2D eigenvalue weighted by Crippen LogP contribution is -2.52. The standard InChI is InChI=1S/C14H18F2N2O2/c1-10-9-11(7-8-17-10)18-13(19)14(15,16)20-12-5-3-2-4-6-12/h2-6,10-11,17H,7-9H2,1H3,(H,18,19)/t10-,11+/m0/s1. The van der Waals surface area contributed by atoms with E-state index in [0.717, 1.165) is 0 Å². The summed E-state index contributed by atoms with van der Waals surface area (Å²) < 4.78 is 31.9. The molecule has 2 rings (SSSR count). The molecule has 0 unspecified atom stereocenters. The molecule has 0 saturated carbocycles. The number of hydrogen-bond donors (Lipinski definition) is 2. The molecule has 0 spiro atoms. The van der Waals surface area contributed by atoms with E-state index in [-0.39, 0.29) is 17.8 Å². The Morgan fingerprint density at radius 3 is 2.75 bits per heavy atom. The Bertz CT molecular complexity index is 454. The topological polar surface area (TPSA) is 50.4 Å². The van der Waals surface area contributed by atoms with Crippen molar-refractivity contribution in [1.82, 2.24) is 10.6 Å². The zero-order chi connectivity index (χ0) is 14.6. The Labute approximate surface area is 116 Å². The maximum atomic E-state index is 13.7. The molecule has 110 valence electrons. The lowest BCUT2D eigenvalue weighted by atomic mass is 10.0. The van der Waals surface area contributed by atoms with Crippen LogP contribution in [-0.4, -0.2) is 30.6 Å². The molecular formula is C14H18F2N2O2. The number of hydrogen-bond acceptors (Lipinski definition) is 3. The third kappa shape index (κ3) is 3.90. The fourth-order valence-corrected chi connectivity index (χ4v) is 2.22. The molecule has 1 fully saturated rings.